The molecule has 1 atom stereocenters. The second-order valence-electron chi connectivity index (χ2n) is 4.27. The molecule has 1 aliphatic heterocycles. The number of hydrogen-bond acceptors (Lipinski definition) is 2. The maximum absolute atomic E-state index is 12.0. The molecule has 0 fully saturated rings. The van der Waals surface area contributed by atoms with Gasteiger partial charge in [0.05, 0.1) is 6.42 Å². The largest absolute Gasteiger partial charge is 0.326 e. The normalized spacial score (nSPS) is 15.5. The number of carbonyl (C=O) groups excluding carboxylic acids is 2. The van der Waals surface area contributed by atoms with Gasteiger partial charge < -0.3 is 5.32 Å². The lowest BCUT2D eigenvalue weighted by molar-refractivity contribution is -0.115. The first-order valence-corrected chi connectivity index (χ1v) is 5.58. The minimum Gasteiger partial charge on any atom is -0.326 e. The van der Waals surface area contributed by atoms with Crippen molar-refractivity contribution in [3.8, 4) is 0 Å². The summed E-state index contributed by atoms with van der Waals surface area (Å²) in [4.78, 5) is 23.1. The summed E-state index contributed by atoms with van der Waals surface area (Å²) in [6.45, 7) is 3.93. The molecule has 0 bridgehead atoms. The van der Waals surface area contributed by atoms with E-state index in [-0.39, 0.29) is 17.6 Å². The van der Waals surface area contributed by atoms with Crippen molar-refractivity contribution in [3.05, 3.63) is 29.3 Å². The second kappa shape index (κ2) is 4.08. The smallest absolute Gasteiger partial charge is 0.228 e. The second-order valence-corrected chi connectivity index (χ2v) is 4.27. The van der Waals surface area contributed by atoms with Gasteiger partial charge in [-0.05, 0) is 30.2 Å². The zero-order chi connectivity index (χ0) is 11.7. The molecule has 0 saturated carbocycles. The summed E-state index contributed by atoms with van der Waals surface area (Å²) in [7, 11) is 0. The van der Waals surface area contributed by atoms with Crippen LogP contribution in [0.4, 0.5) is 5.69 Å². The summed E-state index contributed by atoms with van der Waals surface area (Å²) < 4.78 is 0. The lowest BCUT2D eigenvalue weighted by Gasteiger charge is -2.08. The van der Waals surface area contributed by atoms with Crippen LogP contribution in [0.15, 0.2) is 18.2 Å². The molecule has 1 N–H and O–H groups in total. The van der Waals surface area contributed by atoms with Gasteiger partial charge in [0.1, 0.15) is 0 Å². The van der Waals surface area contributed by atoms with Crippen LogP contribution in [0.25, 0.3) is 0 Å². The minimum absolute atomic E-state index is 0.00291. The molecule has 0 radical (unpaired) electrons. The topological polar surface area (TPSA) is 46.2 Å². The molecule has 1 heterocycles. The Labute approximate surface area is 94.9 Å². The number of benzene rings is 1. The summed E-state index contributed by atoms with van der Waals surface area (Å²) in [5.74, 6) is 0.205. The molecular formula is C13H15NO2. The third-order valence-corrected chi connectivity index (χ3v) is 3.07. The van der Waals surface area contributed by atoms with Crippen molar-refractivity contribution in [2.24, 2.45) is 5.92 Å². The molecule has 1 amide bonds. The van der Waals surface area contributed by atoms with Crippen molar-refractivity contribution in [2.45, 2.75) is 26.7 Å². The van der Waals surface area contributed by atoms with Gasteiger partial charge in [-0.2, -0.15) is 0 Å². The van der Waals surface area contributed by atoms with Crippen LogP contribution in [-0.4, -0.2) is 11.7 Å². The molecule has 1 aromatic carbocycles. The van der Waals surface area contributed by atoms with E-state index >= 15 is 0 Å². The monoisotopic (exact) mass is 217 g/mol. The minimum atomic E-state index is 0.00291. The van der Waals surface area contributed by atoms with Crippen molar-refractivity contribution in [3.63, 3.8) is 0 Å². The zero-order valence-corrected chi connectivity index (χ0v) is 9.54. The Bertz CT molecular complexity index is 451. The molecule has 3 heteroatoms. The molecule has 1 aliphatic rings. The molecule has 0 saturated heterocycles. The Morgan fingerprint density at radius 3 is 2.94 bits per heavy atom. The van der Waals surface area contributed by atoms with Crippen molar-refractivity contribution in [1.29, 1.82) is 0 Å². The van der Waals surface area contributed by atoms with Crippen LogP contribution in [0, 0.1) is 5.92 Å². The number of anilines is 1. The number of nitrogens with one attached hydrogen (secondary N) is 1. The lowest BCUT2D eigenvalue weighted by atomic mass is 9.95. The fourth-order valence-corrected chi connectivity index (χ4v) is 1.85. The van der Waals surface area contributed by atoms with Crippen LogP contribution in [0.1, 0.15) is 36.2 Å². The number of hydrogen-bond donors (Lipinski definition) is 1. The van der Waals surface area contributed by atoms with E-state index < -0.39 is 0 Å². The van der Waals surface area contributed by atoms with E-state index in [1.165, 1.54) is 0 Å². The van der Waals surface area contributed by atoms with E-state index in [9.17, 15) is 9.59 Å². The summed E-state index contributed by atoms with van der Waals surface area (Å²) in [6, 6.07) is 5.44. The number of ketones is 1. The highest BCUT2D eigenvalue weighted by molar-refractivity contribution is 6.02. The molecule has 1 aromatic rings. The molecular weight excluding hydrogens is 202 g/mol. The zero-order valence-electron chi connectivity index (χ0n) is 9.54. The molecule has 84 valence electrons. The van der Waals surface area contributed by atoms with Gasteiger partial charge in [0.25, 0.3) is 0 Å². The first kappa shape index (κ1) is 10.9. The number of fused-ring (bicyclic) bond motifs is 1. The van der Waals surface area contributed by atoms with Gasteiger partial charge in [0.15, 0.2) is 5.78 Å². The van der Waals surface area contributed by atoms with E-state index in [1.807, 2.05) is 26.0 Å². The first-order chi connectivity index (χ1) is 7.61. The molecule has 0 aromatic heterocycles. The molecule has 16 heavy (non-hydrogen) atoms. The number of Topliss-reactive ketones (excluding diaryl/α,β-unsaturated/α-hetero) is 1. The van der Waals surface area contributed by atoms with E-state index in [2.05, 4.69) is 5.32 Å². The fourth-order valence-electron chi connectivity index (χ4n) is 1.85. The molecule has 0 spiro atoms. The van der Waals surface area contributed by atoms with Gasteiger partial charge in [-0.1, -0.05) is 13.8 Å². The average molecular weight is 217 g/mol. The van der Waals surface area contributed by atoms with Gasteiger partial charge in [-0.25, -0.2) is 0 Å². The van der Waals surface area contributed by atoms with E-state index in [1.54, 1.807) is 6.07 Å². The summed E-state index contributed by atoms with van der Waals surface area (Å²) in [5, 5.41) is 2.76. The Kier molecular flexibility index (Phi) is 2.77. The van der Waals surface area contributed by atoms with Gasteiger partial charge in [0.2, 0.25) is 5.91 Å². The number of carbonyl (C=O) groups is 2. The molecule has 3 nitrogen and oxygen atoms in total. The maximum Gasteiger partial charge on any atom is 0.228 e. The quantitative estimate of drug-likeness (QED) is 0.790. The molecule has 0 aliphatic carbocycles. The van der Waals surface area contributed by atoms with E-state index in [0.29, 0.717) is 12.0 Å². The van der Waals surface area contributed by atoms with Crippen molar-refractivity contribution >= 4 is 17.4 Å². The van der Waals surface area contributed by atoms with Gasteiger partial charge >= 0.3 is 0 Å². The summed E-state index contributed by atoms with van der Waals surface area (Å²) >= 11 is 0. The standard InChI is InChI=1S/C13H15NO2/c1-3-8(2)13(16)9-4-5-11-10(6-9)7-12(15)14-11/h4-6,8H,3,7H2,1-2H3,(H,14,15). The Morgan fingerprint density at radius 2 is 2.25 bits per heavy atom. The van der Waals surface area contributed by atoms with Crippen LogP contribution < -0.4 is 5.32 Å². The van der Waals surface area contributed by atoms with Crippen LogP contribution in [0.5, 0.6) is 0 Å². The predicted molar refractivity (Wildman–Crippen MR) is 62.6 cm³/mol. The summed E-state index contributed by atoms with van der Waals surface area (Å²) in [6.07, 6.45) is 1.23. The van der Waals surface area contributed by atoms with Gasteiger partial charge in [-0.3, -0.25) is 9.59 Å². The van der Waals surface area contributed by atoms with Gasteiger partial charge in [-0.15, -0.1) is 0 Å². The average Bonchev–Trinajstić information content (AvgIpc) is 2.65. The highest BCUT2D eigenvalue weighted by atomic mass is 16.1. The van der Waals surface area contributed by atoms with Crippen LogP contribution in [-0.2, 0) is 11.2 Å². The summed E-state index contributed by atoms with van der Waals surface area (Å²) in [5.41, 5.74) is 2.48. The third kappa shape index (κ3) is 1.85. The first-order valence-electron chi connectivity index (χ1n) is 5.58. The number of rotatable bonds is 3. The van der Waals surface area contributed by atoms with Crippen LogP contribution >= 0.6 is 0 Å². The highest BCUT2D eigenvalue weighted by Crippen LogP contribution is 2.25. The van der Waals surface area contributed by atoms with E-state index in [4.69, 9.17) is 0 Å². The third-order valence-electron chi connectivity index (χ3n) is 3.07. The lowest BCUT2D eigenvalue weighted by Crippen LogP contribution is -2.10. The highest BCUT2D eigenvalue weighted by Gasteiger charge is 2.20. The molecule has 1 unspecified atom stereocenters. The molecule has 2 rings (SSSR count). The predicted octanol–water partition coefficient (Wildman–Crippen LogP) is 2.41. The van der Waals surface area contributed by atoms with Crippen LogP contribution in [0.3, 0.4) is 0 Å². The Hall–Kier alpha value is -1.64. The van der Waals surface area contributed by atoms with Crippen molar-refractivity contribution in [2.75, 3.05) is 5.32 Å². The van der Waals surface area contributed by atoms with Crippen LogP contribution in [0.2, 0.25) is 0 Å². The maximum atomic E-state index is 12.0. The van der Waals surface area contributed by atoms with Crippen molar-refractivity contribution in [1.82, 2.24) is 0 Å². The van der Waals surface area contributed by atoms with E-state index in [0.717, 1.165) is 17.7 Å². The SMILES string of the molecule is CCC(C)C(=O)c1ccc2c(c1)CC(=O)N2. The number of amides is 1. The van der Waals surface area contributed by atoms with Gasteiger partial charge in [0, 0.05) is 17.2 Å². The Balaban J connectivity index is 2.29. The van der Waals surface area contributed by atoms with Crippen molar-refractivity contribution < 1.29 is 9.59 Å². The Morgan fingerprint density at radius 1 is 1.50 bits per heavy atom. The fraction of sp³-hybridized carbons (Fsp3) is 0.385.